The number of hydrogen-bond donors (Lipinski definition) is 0. The quantitative estimate of drug-likeness (QED) is 0.549. The van der Waals surface area contributed by atoms with E-state index in [0.717, 1.165) is 17.4 Å². The predicted octanol–water partition coefficient (Wildman–Crippen LogP) is 2.99. The van der Waals surface area contributed by atoms with E-state index in [1.807, 2.05) is 44.2 Å². The first-order valence-corrected chi connectivity index (χ1v) is 11.0. The summed E-state index contributed by atoms with van der Waals surface area (Å²) in [7, 11) is -2.28. The second kappa shape index (κ2) is 10.3. The van der Waals surface area contributed by atoms with Gasteiger partial charge in [0.25, 0.3) is 0 Å². The molecule has 0 bridgehead atoms. The summed E-state index contributed by atoms with van der Waals surface area (Å²) in [4.78, 5) is 14.3. The van der Waals surface area contributed by atoms with Crippen LogP contribution in [-0.2, 0) is 32.8 Å². The lowest BCUT2D eigenvalue weighted by Gasteiger charge is -2.27. The van der Waals surface area contributed by atoms with Crippen molar-refractivity contribution in [2.24, 2.45) is 0 Å². The van der Waals surface area contributed by atoms with Crippen LogP contribution in [0.15, 0.2) is 48.5 Å². The van der Waals surface area contributed by atoms with Crippen molar-refractivity contribution in [1.29, 1.82) is 0 Å². The summed E-state index contributed by atoms with van der Waals surface area (Å²) in [6, 6.07) is 14.5. The second-order valence-electron chi connectivity index (χ2n) is 6.87. The van der Waals surface area contributed by atoms with Gasteiger partial charge in [0, 0.05) is 12.6 Å². The van der Waals surface area contributed by atoms with Crippen molar-refractivity contribution < 1.29 is 26.9 Å². The Bertz CT molecular complexity index is 912. The molecule has 0 atom stereocenters. The number of nitrogens with zero attached hydrogens (tertiary/aromatic N) is 1. The summed E-state index contributed by atoms with van der Waals surface area (Å²) >= 11 is 0. The van der Waals surface area contributed by atoms with Gasteiger partial charge in [0.15, 0.2) is 11.5 Å². The largest absolute Gasteiger partial charge is 0.493 e. The number of amides is 1. The number of carbonyl (C=O) groups is 1. The van der Waals surface area contributed by atoms with Gasteiger partial charge < -0.3 is 18.6 Å². The van der Waals surface area contributed by atoms with Crippen molar-refractivity contribution >= 4 is 16.0 Å². The van der Waals surface area contributed by atoms with E-state index in [2.05, 4.69) is 0 Å². The highest BCUT2D eigenvalue weighted by Crippen LogP contribution is 2.29. The number of hydrogen-bond acceptors (Lipinski definition) is 6. The van der Waals surface area contributed by atoms with Crippen molar-refractivity contribution in [3.63, 3.8) is 0 Å². The number of methoxy groups -OCH3 is 1. The third-order valence-corrected chi connectivity index (χ3v) is 4.59. The fourth-order valence-electron chi connectivity index (χ4n) is 2.72. The van der Waals surface area contributed by atoms with Crippen LogP contribution >= 0.6 is 0 Å². The maximum absolute atomic E-state index is 12.7. The van der Waals surface area contributed by atoms with Crippen molar-refractivity contribution in [3.8, 4) is 11.5 Å². The zero-order chi connectivity index (χ0) is 21.4. The minimum absolute atomic E-state index is 0.0457. The van der Waals surface area contributed by atoms with Crippen LogP contribution in [0.2, 0.25) is 0 Å². The van der Waals surface area contributed by atoms with Crippen molar-refractivity contribution in [1.82, 2.24) is 4.90 Å². The Hall–Kier alpha value is -2.58. The highest BCUT2D eigenvalue weighted by atomic mass is 32.2. The van der Waals surface area contributed by atoms with Crippen LogP contribution in [-0.4, -0.2) is 45.2 Å². The fourth-order valence-corrected chi connectivity index (χ4v) is 3.17. The van der Waals surface area contributed by atoms with Gasteiger partial charge in [-0.05, 0) is 37.1 Å². The molecule has 1 amide bonds. The molecular formula is C21H27NO6S. The number of ether oxygens (including phenoxy) is 2. The smallest absolute Gasteiger partial charge is 0.306 e. The fraction of sp³-hybridized carbons (Fsp3) is 0.381. The molecule has 2 rings (SSSR count). The average Bonchev–Trinajstić information content (AvgIpc) is 2.65. The van der Waals surface area contributed by atoms with Crippen LogP contribution in [0.5, 0.6) is 11.5 Å². The van der Waals surface area contributed by atoms with Gasteiger partial charge in [0.1, 0.15) is 6.61 Å². The standard InChI is InChI=1S/C21H27NO6S/c1-16(2)22(21(23)15-27-14-17-8-6-5-7-9-17)13-18-10-11-19(26-3)20(12-18)28-29(4,24)25/h5-12,16H,13-15H2,1-4H3. The zero-order valence-electron chi connectivity index (χ0n) is 17.1. The lowest BCUT2D eigenvalue weighted by molar-refractivity contribution is -0.139. The van der Waals surface area contributed by atoms with Crippen LogP contribution in [0.4, 0.5) is 0 Å². The van der Waals surface area contributed by atoms with E-state index in [-0.39, 0.29) is 30.9 Å². The van der Waals surface area contributed by atoms with Crippen LogP contribution in [0, 0.1) is 0 Å². The van der Waals surface area contributed by atoms with Crippen molar-refractivity contribution in [3.05, 3.63) is 59.7 Å². The molecule has 0 radical (unpaired) electrons. The van der Waals surface area contributed by atoms with Gasteiger partial charge in [-0.3, -0.25) is 4.79 Å². The second-order valence-corrected chi connectivity index (χ2v) is 8.44. The normalized spacial score (nSPS) is 11.3. The molecule has 0 fully saturated rings. The molecule has 0 spiro atoms. The monoisotopic (exact) mass is 421 g/mol. The van der Waals surface area contributed by atoms with E-state index < -0.39 is 10.1 Å². The topological polar surface area (TPSA) is 82.1 Å². The molecular weight excluding hydrogens is 394 g/mol. The van der Waals surface area contributed by atoms with E-state index in [1.165, 1.54) is 7.11 Å². The molecule has 0 unspecified atom stereocenters. The highest BCUT2D eigenvalue weighted by Gasteiger charge is 2.19. The van der Waals surface area contributed by atoms with Gasteiger partial charge >= 0.3 is 10.1 Å². The molecule has 0 aromatic heterocycles. The predicted molar refractivity (Wildman–Crippen MR) is 110 cm³/mol. The molecule has 158 valence electrons. The van der Waals surface area contributed by atoms with Gasteiger partial charge in [-0.2, -0.15) is 8.42 Å². The Kier molecular flexibility index (Phi) is 8.04. The minimum atomic E-state index is -3.71. The van der Waals surface area contributed by atoms with Crippen LogP contribution in [0.1, 0.15) is 25.0 Å². The first-order chi connectivity index (χ1) is 13.7. The Morgan fingerprint density at radius 2 is 1.72 bits per heavy atom. The molecule has 0 saturated heterocycles. The molecule has 8 heteroatoms. The Labute approximate surface area is 172 Å². The molecule has 0 aliphatic carbocycles. The van der Waals surface area contributed by atoms with E-state index >= 15 is 0 Å². The van der Waals surface area contributed by atoms with Gasteiger partial charge in [-0.25, -0.2) is 0 Å². The average molecular weight is 422 g/mol. The first kappa shape index (κ1) is 22.7. The lowest BCUT2D eigenvalue weighted by atomic mass is 10.1. The Morgan fingerprint density at radius 1 is 1.03 bits per heavy atom. The van der Waals surface area contributed by atoms with Crippen molar-refractivity contribution in [2.45, 2.75) is 33.0 Å². The van der Waals surface area contributed by atoms with Gasteiger partial charge in [-0.15, -0.1) is 0 Å². The minimum Gasteiger partial charge on any atom is -0.493 e. The summed E-state index contributed by atoms with van der Waals surface area (Å²) in [6.45, 7) is 4.41. The lowest BCUT2D eigenvalue weighted by Crippen LogP contribution is -2.38. The number of rotatable bonds is 10. The van der Waals surface area contributed by atoms with Gasteiger partial charge in [-0.1, -0.05) is 36.4 Å². The molecule has 7 nitrogen and oxygen atoms in total. The summed E-state index contributed by atoms with van der Waals surface area (Å²) in [5, 5.41) is 0. The maximum atomic E-state index is 12.7. The number of benzene rings is 2. The first-order valence-electron chi connectivity index (χ1n) is 9.17. The summed E-state index contributed by atoms with van der Waals surface area (Å²) < 4.78 is 38.7. The molecule has 0 saturated carbocycles. The maximum Gasteiger partial charge on any atom is 0.306 e. The third kappa shape index (κ3) is 7.40. The third-order valence-electron chi connectivity index (χ3n) is 4.10. The van der Waals surface area contributed by atoms with Crippen LogP contribution in [0.25, 0.3) is 0 Å². The van der Waals surface area contributed by atoms with Crippen molar-refractivity contribution in [2.75, 3.05) is 20.0 Å². The molecule has 0 heterocycles. The molecule has 2 aromatic carbocycles. The number of carbonyl (C=O) groups excluding carboxylic acids is 1. The zero-order valence-corrected chi connectivity index (χ0v) is 17.9. The summed E-state index contributed by atoms with van der Waals surface area (Å²) in [6.07, 6.45) is 0.965. The van der Waals surface area contributed by atoms with E-state index in [0.29, 0.717) is 12.4 Å². The van der Waals surface area contributed by atoms with Crippen LogP contribution < -0.4 is 8.92 Å². The van der Waals surface area contributed by atoms with Gasteiger partial charge in [0.2, 0.25) is 5.91 Å². The molecule has 0 aliphatic heterocycles. The van der Waals surface area contributed by atoms with E-state index in [4.69, 9.17) is 13.7 Å². The van der Waals surface area contributed by atoms with Gasteiger partial charge in [0.05, 0.1) is 20.0 Å². The summed E-state index contributed by atoms with van der Waals surface area (Å²) in [5.41, 5.74) is 1.71. The van der Waals surface area contributed by atoms with Crippen LogP contribution in [0.3, 0.4) is 0 Å². The Morgan fingerprint density at radius 3 is 2.31 bits per heavy atom. The Balaban J connectivity index is 2.07. The summed E-state index contributed by atoms with van der Waals surface area (Å²) in [5.74, 6) is 0.231. The molecule has 29 heavy (non-hydrogen) atoms. The highest BCUT2D eigenvalue weighted by molar-refractivity contribution is 7.86. The van der Waals surface area contributed by atoms with E-state index in [1.54, 1.807) is 23.1 Å². The molecule has 0 N–H and O–H groups in total. The molecule has 2 aromatic rings. The molecule has 0 aliphatic rings. The SMILES string of the molecule is COc1ccc(CN(C(=O)COCc2ccccc2)C(C)C)cc1OS(C)(=O)=O. The van der Waals surface area contributed by atoms with E-state index in [9.17, 15) is 13.2 Å².